The van der Waals surface area contributed by atoms with Crippen molar-refractivity contribution < 1.29 is 18.7 Å². The van der Waals surface area contributed by atoms with Gasteiger partial charge in [-0.3, -0.25) is 14.3 Å². The van der Waals surface area contributed by atoms with Crippen LogP contribution in [0, 0.1) is 0 Å². The molecule has 0 unspecified atom stereocenters. The summed E-state index contributed by atoms with van der Waals surface area (Å²) in [5.41, 5.74) is -1.19. The molecule has 23 heavy (non-hydrogen) atoms. The minimum absolute atomic E-state index is 0.177. The summed E-state index contributed by atoms with van der Waals surface area (Å²) in [7, 11) is 0. The van der Waals surface area contributed by atoms with Crippen molar-refractivity contribution in [3.8, 4) is 0 Å². The first kappa shape index (κ1) is 16.3. The second kappa shape index (κ2) is 6.52. The second-order valence-corrected chi connectivity index (χ2v) is 6.34. The highest BCUT2D eigenvalue weighted by Crippen LogP contribution is 2.31. The fraction of sp³-hybridized carbons (Fsp3) is 0.733. The molecule has 1 aliphatic heterocycles. The molecule has 0 bridgehead atoms. The number of amides is 1. The summed E-state index contributed by atoms with van der Waals surface area (Å²) in [5, 5.41) is 10.4. The van der Waals surface area contributed by atoms with Gasteiger partial charge in [0.15, 0.2) is 0 Å². The van der Waals surface area contributed by atoms with Crippen molar-refractivity contribution in [3.05, 3.63) is 18.2 Å². The number of aromatic nitrogens is 2. The average Bonchev–Trinajstić information content (AvgIpc) is 3.17. The summed E-state index contributed by atoms with van der Waals surface area (Å²) >= 11 is 0. The molecule has 1 N–H and O–H groups in total. The van der Waals surface area contributed by atoms with Crippen LogP contribution in [-0.2, 0) is 11.3 Å². The van der Waals surface area contributed by atoms with Crippen molar-refractivity contribution >= 4 is 5.91 Å². The van der Waals surface area contributed by atoms with Gasteiger partial charge in [-0.25, -0.2) is 4.98 Å². The Labute approximate surface area is 133 Å². The maximum absolute atomic E-state index is 12.8. The lowest BCUT2D eigenvalue weighted by molar-refractivity contribution is -0.152. The Morgan fingerprint density at radius 1 is 1.26 bits per heavy atom. The van der Waals surface area contributed by atoms with Crippen LogP contribution in [0.1, 0.15) is 38.1 Å². The molecule has 1 saturated carbocycles. The molecule has 3 rings (SSSR count). The van der Waals surface area contributed by atoms with Crippen molar-refractivity contribution in [2.75, 3.05) is 26.2 Å². The third-order valence-electron chi connectivity index (χ3n) is 4.81. The second-order valence-electron chi connectivity index (χ2n) is 6.34. The molecule has 1 saturated heterocycles. The summed E-state index contributed by atoms with van der Waals surface area (Å²) in [6.45, 7) is -0.0426. The maximum Gasteiger partial charge on any atom is 0.319 e. The van der Waals surface area contributed by atoms with E-state index in [1.165, 1.54) is 12.4 Å². The lowest BCUT2D eigenvalue weighted by atomic mass is 10.00. The molecule has 1 aromatic rings. The van der Waals surface area contributed by atoms with Crippen molar-refractivity contribution in [3.63, 3.8) is 0 Å². The SMILES string of the molecule is O=C(N1CCN(Cc2nccn2C(F)F)CC1)C1(O)CCCC1. The highest BCUT2D eigenvalue weighted by molar-refractivity contribution is 5.85. The molecule has 6 nitrogen and oxygen atoms in total. The standard InChI is InChI=1S/C15H22F2N4O2/c16-14(17)21-6-5-18-12(21)11-19-7-9-20(10-8-19)13(22)15(23)3-1-2-4-15/h5-6,14,23H,1-4,7-11H2. The summed E-state index contributed by atoms with van der Waals surface area (Å²) in [4.78, 5) is 20.1. The van der Waals surface area contributed by atoms with E-state index < -0.39 is 12.2 Å². The van der Waals surface area contributed by atoms with Crippen LogP contribution in [0.4, 0.5) is 8.78 Å². The van der Waals surface area contributed by atoms with E-state index in [4.69, 9.17) is 0 Å². The minimum atomic E-state index is -2.59. The van der Waals surface area contributed by atoms with Gasteiger partial charge in [0.2, 0.25) is 0 Å². The van der Waals surface area contributed by atoms with E-state index in [0.29, 0.717) is 51.4 Å². The van der Waals surface area contributed by atoms with Gasteiger partial charge in [0.1, 0.15) is 11.4 Å². The van der Waals surface area contributed by atoms with Crippen LogP contribution in [0.15, 0.2) is 12.4 Å². The van der Waals surface area contributed by atoms with E-state index in [1.807, 2.05) is 4.90 Å². The largest absolute Gasteiger partial charge is 0.380 e. The Balaban J connectivity index is 1.54. The average molecular weight is 328 g/mol. The smallest absolute Gasteiger partial charge is 0.319 e. The van der Waals surface area contributed by atoms with Crippen molar-refractivity contribution in [2.24, 2.45) is 0 Å². The molecule has 1 aliphatic carbocycles. The predicted octanol–water partition coefficient (Wildman–Crippen LogP) is 1.23. The molecular weight excluding hydrogens is 306 g/mol. The summed E-state index contributed by atoms with van der Waals surface area (Å²) in [5.74, 6) is 0.151. The molecule has 1 aromatic heterocycles. The number of imidazole rings is 1. The zero-order chi connectivity index (χ0) is 16.4. The molecule has 2 aliphatic rings. The van der Waals surface area contributed by atoms with Crippen molar-refractivity contribution in [1.29, 1.82) is 0 Å². The number of hydrogen-bond donors (Lipinski definition) is 1. The lowest BCUT2D eigenvalue weighted by Gasteiger charge is -2.37. The van der Waals surface area contributed by atoms with Gasteiger partial charge in [-0.05, 0) is 25.7 Å². The molecule has 2 fully saturated rings. The quantitative estimate of drug-likeness (QED) is 0.903. The third kappa shape index (κ3) is 3.37. The maximum atomic E-state index is 12.8. The number of hydrogen-bond acceptors (Lipinski definition) is 4. The topological polar surface area (TPSA) is 61.6 Å². The van der Waals surface area contributed by atoms with E-state index >= 15 is 0 Å². The molecule has 0 spiro atoms. The number of rotatable bonds is 4. The number of alkyl halides is 2. The Hall–Kier alpha value is -1.54. The van der Waals surface area contributed by atoms with E-state index in [2.05, 4.69) is 4.98 Å². The fourth-order valence-electron chi connectivity index (χ4n) is 3.42. The lowest BCUT2D eigenvalue weighted by Crippen LogP contribution is -2.54. The number of piperazine rings is 1. The van der Waals surface area contributed by atoms with Gasteiger partial charge in [-0.1, -0.05) is 0 Å². The molecule has 0 radical (unpaired) electrons. The first-order valence-corrected chi connectivity index (χ1v) is 8.03. The van der Waals surface area contributed by atoms with Gasteiger partial charge in [-0.2, -0.15) is 8.78 Å². The molecule has 128 valence electrons. The zero-order valence-corrected chi connectivity index (χ0v) is 13.0. The summed E-state index contributed by atoms with van der Waals surface area (Å²) in [6.07, 6.45) is 5.50. The van der Waals surface area contributed by atoms with Gasteiger partial charge in [0.05, 0.1) is 6.54 Å². The van der Waals surface area contributed by atoms with Crippen LogP contribution in [0.5, 0.6) is 0 Å². The summed E-state index contributed by atoms with van der Waals surface area (Å²) in [6, 6.07) is 0. The number of halogens is 2. The minimum Gasteiger partial charge on any atom is -0.380 e. The Bertz CT molecular complexity index is 549. The van der Waals surface area contributed by atoms with E-state index in [9.17, 15) is 18.7 Å². The van der Waals surface area contributed by atoms with Crippen LogP contribution in [-0.4, -0.2) is 62.1 Å². The first-order chi connectivity index (χ1) is 11.0. The van der Waals surface area contributed by atoms with Crippen molar-refractivity contribution in [2.45, 2.75) is 44.4 Å². The normalized spacial score (nSPS) is 22.0. The predicted molar refractivity (Wildman–Crippen MR) is 78.8 cm³/mol. The van der Waals surface area contributed by atoms with E-state index in [-0.39, 0.29) is 5.91 Å². The molecule has 0 aromatic carbocycles. The van der Waals surface area contributed by atoms with Gasteiger partial charge in [0.25, 0.3) is 5.91 Å². The van der Waals surface area contributed by atoms with Gasteiger partial charge < -0.3 is 10.0 Å². The van der Waals surface area contributed by atoms with Crippen LogP contribution in [0.2, 0.25) is 0 Å². The number of aliphatic hydroxyl groups is 1. The van der Waals surface area contributed by atoms with Gasteiger partial charge in [0, 0.05) is 38.6 Å². The van der Waals surface area contributed by atoms with Crippen LogP contribution in [0.25, 0.3) is 0 Å². The molecule has 8 heteroatoms. The Morgan fingerprint density at radius 2 is 1.91 bits per heavy atom. The highest BCUT2D eigenvalue weighted by Gasteiger charge is 2.42. The van der Waals surface area contributed by atoms with Crippen LogP contribution in [0.3, 0.4) is 0 Å². The molecular formula is C15H22F2N4O2. The highest BCUT2D eigenvalue weighted by atomic mass is 19.3. The van der Waals surface area contributed by atoms with Crippen LogP contribution >= 0.6 is 0 Å². The van der Waals surface area contributed by atoms with E-state index in [0.717, 1.165) is 17.4 Å². The number of nitrogens with zero attached hydrogens (tertiary/aromatic N) is 4. The van der Waals surface area contributed by atoms with Crippen LogP contribution < -0.4 is 0 Å². The van der Waals surface area contributed by atoms with Crippen molar-refractivity contribution in [1.82, 2.24) is 19.4 Å². The fourth-order valence-corrected chi connectivity index (χ4v) is 3.42. The number of carbonyl (C=O) groups is 1. The Morgan fingerprint density at radius 3 is 2.52 bits per heavy atom. The third-order valence-corrected chi connectivity index (χ3v) is 4.81. The monoisotopic (exact) mass is 328 g/mol. The van der Waals surface area contributed by atoms with E-state index in [1.54, 1.807) is 4.90 Å². The molecule has 0 atom stereocenters. The van der Waals surface area contributed by atoms with Gasteiger partial charge in [-0.15, -0.1) is 0 Å². The number of carbonyl (C=O) groups excluding carboxylic acids is 1. The Kier molecular flexibility index (Phi) is 4.63. The zero-order valence-electron chi connectivity index (χ0n) is 13.0. The summed E-state index contributed by atoms with van der Waals surface area (Å²) < 4.78 is 26.5. The first-order valence-electron chi connectivity index (χ1n) is 8.03. The molecule has 1 amide bonds. The van der Waals surface area contributed by atoms with Gasteiger partial charge >= 0.3 is 6.55 Å². The molecule has 2 heterocycles.